The van der Waals surface area contributed by atoms with Crippen LogP contribution in [-0.4, -0.2) is 90.2 Å². The molecule has 2 aromatic carbocycles. The van der Waals surface area contributed by atoms with E-state index >= 15 is 0 Å². The van der Waals surface area contributed by atoms with Crippen LogP contribution in [-0.2, 0) is 20.2 Å². The van der Waals surface area contributed by atoms with Crippen LogP contribution < -0.4 is 0 Å². The van der Waals surface area contributed by atoms with Gasteiger partial charge in [-0.05, 0) is 28.8 Å². The zero-order valence-electron chi connectivity index (χ0n) is 12.0. The third kappa shape index (κ3) is 4.72. The fraction of sp³-hybridized carbons (Fsp3) is 0. The summed E-state index contributed by atoms with van der Waals surface area (Å²) in [6, 6.07) is 3.62. The molecule has 0 spiro atoms. The molecular weight excluding hydrogens is 372 g/mol. The Morgan fingerprint density at radius 1 is 0.913 bits per heavy atom. The van der Waals surface area contributed by atoms with Crippen molar-refractivity contribution >= 4 is 95.8 Å². The molecule has 0 aliphatic heterocycles. The van der Waals surface area contributed by atoms with Crippen molar-refractivity contribution in [2.24, 2.45) is 5.18 Å². The average molecular weight is 379 g/mol. The van der Waals surface area contributed by atoms with Crippen molar-refractivity contribution in [3.63, 3.8) is 0 Å². The minimum absolute atomic E-state index is 0. The first-order chi connectivity index (χ1) is 9.55. The standard InChI is InChI=1S/C10H7NO8S2.2Na/c12-10-8(21(17,18)19)4-5-3-6(20(14,15)16)1-2-7(5)9(10)11-13;;/h1-4,12H,(H,14,15,16)(H,17,18,19);;. The van der Waals surface area contributed by atoms with Gasteiger partial charge in [-0.15, -0.1) is 4.91 Å². The number of benzene rings is 2. The molecule has 0 unspecified atom stereocenters. The third-order valence-electron chi connectivity index (χ3n) is 2.69. The molecule has 2 rings (SSSR count). The van der Waals surface area contributed by atoms with Gasteiger partial charge < -0.3 is 5.11 Å². The van der Waals surface area contributed by atoms with Crippen LogP contribution in [0.1, 0.15) is 0 Å². The van der Waals surface area contributed by atoms with Crippen LogP contribution in [0.5, 0.6) is 5.75 Å². The van der Waals surface area contributed by atoms with Crippen molar-refractivity contribution in [2.75, 3.05) is 0 Å². The van der Waals surface area contributed by atoms with E-state index in [0.717, 1.165) is 24.3 Å². The van der Waals surface area contributed by atoms with Crippen LogP contribution in [0, 0.1) is 4.91 Å². The summed E-state index contributed by atoms with van der Waals surface area (Å²) in [5, 5.41) is 11.9. The summed E-state index contributed by atoms with van der Waals surface area (Å²) in [7, 11) is -9.42. The van der Waals surface area contributed by atoms with Gasteiger partial charge in [0.05, 0.1) is 4.90 Å². The normalized spacial score (nSPS) is 11.4. The third-order valence-corrected chi connectivity index (χ3v) is 4.41. The Labute approximate surface area is 175 Å². The number of hydrogen-bond donors (Lipinski definition) is 3. The van der Waals surface area contributed by atoms with Gasteiger partial charge in [0.1, 0.15) is 4.90 Å². The van der Waals surface area contributed by atoms with E-state index in [1.165, 1.54) is 0 Å². The van der Waals surface area contributed by atoms with E-state index in [9.17, 15) is 26.8 Å². The van der Waals surface area contributed by atoms with E-state index < -0.39 is 41.5 Å². The molecular formula is C10H7NNa2O8S2. The number of phenols is 1. The topological polar surface area (TPSA) is 158 Å². The zero-order valence-corrected chi connectivity index (χ0v) is 17.6. The van der Waals surface area contributed by atoms with Gasteiger partial charge in [0.15, 0.2) is 11.4 Å². The maximum absolute atomic E-state index is 11.1. The SMILES string of the molecule is O=Nc1c(O)c(S(=O)(=O)O)cc2cc(S(=O)(=O)O)ccc12.[Na].[Na]. The van der Waals surface area contributed by atoms with Crippen LogP contribution in [0.3, 0.4) is 0 Å². The van der Waals surface area contributed by atoms with Gasteiger partial charge in [-0.1, -0.05) is 6.07 Å². The molecule has 0 fully saturated rings. The summed E-state index contributed by atoms with van der Waals surface area (Å²) < 4.78 is 62.2. The Morgan fingerprint density at radius 3 is 1.91 bits per heavy atom. The monoisotopic (exact) mass is 379 g/mol. The molecule has 0 bridgehead atoms. The van der Waals surface area contributed by atoms with Crippen LogP contribution in [0.2, 0.25) is 0 Å². The number of aromatic hydroxyl groups is 1. The number of nitrogens with zero attached hydrogens (tertiary/aromatic N) is 1. The van der Waals surface area contributed by atoms with Crippen molar-refractivity contribution in [1.82, 2.24) is 0 Å². The first kappa shape index (κ1) is 22.9. The van der Waals surface area contributed by atoms with E-state index in [4.69, 9.17) is 9.11 Å². The number of phenolic OH excluding ortho intramolecular Hbond substituents is 1. The van der Waals surface area contributed by atoms with Gasteiger partial charge in [0.2, 0.25) is 0 Å². The number of nitroso groups, excluding NO2 is 1. The second kappa shape index (κ2) is 7.87. The second-order valence-corrected chi connectivity index (χ2v) is 6.81. The van der Waals surface area contributed by atoms with Crippen molar-refractivity contribution in [3.05, 3.63) is 29.2 Å². The van der Waals surface area contributed by atoms with E-state index in [1.807, 2.05) is 0 Å². The Bertz CT molecular complexity index is 972. The second-order valence-electron chi connectivity index (χ2n) is 4.00. The van der Waals surface area contributed by atoms with Crippen molar-refractivity contribution in [2.45, 2.75) is 9.79 Å². The summed E-state index contributed by atoms with van der Waals surface area (Å²) in [5.74, 6) is -1.06. The number of rotatable bonds is 3. The quantitative estimate of drug-likeness (QED) is 0.399. The Balaban J connectivity index is 0.00000242. The molecule has 3 N–H and O–H groups in total. The number of hydrogen-bond acceptors (Lipinski definition) is 7. The Hall–Kier alpha value is -0.0800. The minimum atomic E-state index is -4.87. The van der Waals surface area contributed by atoms with Gasteiger partial charge in [0.25, 0.3) is 20.2 Å². The molecule has 0 aliphatic rings. The molecule has 0 heterocycles. The summed E-state index contributed by atoms with van der Waals surface area (Å²) >= 11 is 0. The van der Waals surface area contributed by atoms with E-state index in [0.29, 0.717) is 0 Å². The predicted octanol–water partition coefficient (Wildman–Crippen LogP) is 0.675. The fourth-order valence-electron chi connectivity index (χ4n) is 1.78. The van der Waals surface area contributed by atoms with Crippen LogP contribution in [0.4, 0.5) is 5.69 Å². The zero-order chi connectivity index (χ0) is 16.0. The largest absolute Gasteiger partial charge is 0.504 e. The molecule has 114 valence electrons. The van der Waals surface area contributed by atoms with E-state index in [2.05, 4.69) is 5.18 Å². The molecule has 0 aliphatic carbocycles. The molecule has 9 nitrogen and oxygen atoms in total. The molecule has 23 heavy (non-hydrogen) atoms. The summed E-state index contributed by atoms with van der Waals surface area (Å²) in [6.45, 7) is 0. The Kier molecular flexibility index (Phi) is 7.84. The van der Waals surface area contributed by atoms with Crippen LogP contribution in [0.25, 0.3) is 10.8 Å². The molecule has 13 heteroatoms. The van der Waals surface area contributed by atoms with Crippen LogP contribution in [0.15, 0.2) is 39.2 Å². The average Bonchev–Trinajstić information content (AvgIpc) is 2.35. The molecule has 0 saturated carbocycles. The van der Waals surface area contributed by atoms with Gasteiger partial charge >= 0.3 is 0 Å². The summed E-state index contributed by atoms with van der Waals surface area (Å²) in [4.78, 5) is 9.19. The molecule has 0 amide bonds. The first-order valence-corrected chi connectivity index (χ1v) is 8.02. The first-order valence-electron chi connectivity index (χ1n) is 5.14. The molecule has 0 saturated heterocycles. The van der Waals surface area contributed by atoms with Crippen molar-refractivity contribution in [3.8, 4) is 5.75 Å². The maximum Gasteiger partial charge on any atom is 0.298 e. The number of fused-ring (bicyclic) bond motifs is 1. The van der Waals surface area contributed by atoms with E-state index in [-0.39, 0.29) is 69.9 Å². The van der Waals surface area contributed by atoms with Gasteiger partial charge in [-0.2, -0.15) is 16.8 Å². The fourth-order valence-corrected chi connectivity index (χ4v) is 2.91. The van der Waals surface area contributed by atoms with Crippen molar-refractivity contribution < 1.29 is 31.0 Å². The molecule has 2 aromatic rings. The molecule has 0 aromatic heterocycles. The maximum atomic E-state index is 11.1. The van der Waals surface area contributed by atoms with Gasteiger partial charge in [-0.3, -0.25) is 9.11 Å². The smallest absolute Gasteiger partial charge is 0.298 e. The minimum Gasteiger partial charge on any atom is -0.504 e. The van der Waals surface area contributed by atoms with Gasteiger partial charge in [0, 0.05) is 64.5 Å². The van der Waals surface area contributed by atoms with Crippen LogP contribution >= 0.6 is 0 Å². The summed E-state index contributed by atoms with van der Waals surface area (Å²) in [6.07, 6.45) is 0. The summed E-state index contributed by atoms with van der Waals surface area (Å²) in [5.41, 5.74) is -0.679. The Morgan fingerprint density at radius 2 is 1.48 bits per heavy atom. The van der Waals surface area contributed by atoms with Gasteiger partial charge in [-0.25, -0.2) is 0 Å². The molecule has 2 radical (unpaired) electrons. The molecule has 0 atom stereocenters. The van der Waals surface area contributed by atoms with Crippen molar-refractivity contribution in [1.29, 1.82) is 0 Å². The van der Waals surface area contributed by atoms with E-state index in [1.54, 1.807) is 0 Å². The predicted molar refractivity (Wildman–Crippen MR) is 82.2 cm³/mol.